The van der Waals surface area contributed by atoms with Crippen molar-refractivity contribution >= 4 is 5.78 Å². The summed E-state index contributed by atoms with van der Waals surface area (Å²) >= 11 is 0. The summed E-state index contributed by atoms with van der Waals surface area (Å²) < 4.78 is 1.84. The second-order valence-corrected chi connectivity index (χ2v) is 4.34. The maximum absolute atomic E-state index is 11.2. The minimum atomic E-state index is 0.0587. The van der Waals surface area contributed by atoms with Gasteiger partial charge in [0.05, 0.1) is 11.9 Å². The van der Waals surface area contributed by atoms with Crippen LogP contribution in [0.3, 0.4) is 0 Å². The molecule has 1 aromatic heterocycles. The summed E-state index contributed by atoms with van der Waals surface area (Å²) in [6, 6.07) is 9.95. The Labute approximate surface area is 101 Å². The van der Waals surface area contributed by atoms with Crippen LogP contribution < -0.4 is 0 Å². The summed E-state index contributed by atoms with van der Waals surface area (Å²) in [5.74, 6) is 0.279. The fourth-order valence-electron chi connectivity index (χ4n) is 1.68. The lowest BCUT2D eigenvalue weighted by atomic mass is 10.0. The van der Waals surface area contributed by atoms with Crippen LogP contribution in [-0.2, 0) is 11.2 Å². The Morgan fingerprint density at radius 3 is 2.71 bits per heavy atom. The molecule has 0 fully saturated rings. The van der Waals surface area contributed by atoms with E-state index < -0.39 is 0 Å². The van der Waals surface area contributed by atoms with Crippen LogP contribution in [0.2, 0.25) is 0 Å². The number of rotatable bonds is 4. The lowest BCUT2D eigenvalue weighted by molar-refractivity contribution is -0.120. The van der Waals surface area contributed by atoms with Crippen molar-refractivity contribution in [1.29, 1.82) is 0 Å². The molecule has 2 rings (SSSR count). The standard InChI is InChI=1S/C14H16N2O/c1-11(12(2)17)8-13-9-15-16(10-13)14-6-4-3-5-7-14/h3-7,9-11H,8H2,1-2H3. The Balaban J connectivity index is 2.14. The molecule has 0 spiro atoms. The van der Waals surface area contributed by atoms with Crippen LogP contribution in [0.5, 0.6) is 0 Å². The minimum Gasteiger partial charge on any atom is -0.300 e. The first-order chi connectivity index (χ1) is 8.16. The largest absolute Gasteiger partial charge is 0.300 e. The van der Waals surface area contributed by atoms with Crippen molar-refractivity contribution in [2.75, 3.05) is 0 Å². The second-order valence-electron chi connectivity index (χ2n) is 4.34. The predicted molar refractivity (Wildman–Crippen MR) is 67.1 cm³/mol. The van der Waals surface area contributed by atoms with E-state index in [0.29, 0.717) is 0 Å². The van der Waals surface area contributed by atoms with E-state index in [0.717, 1.165) is 17.7 Å². The molecule has 0 saturated carbocycles. The zero-order valence-corrected chi connectivity index (χ0v) is 10.1. The zero-order chi connectivity index (χ0) is 12.3. The van der Waals surface area contributed by atoms with Gasteiger partial charge in [-0.25, -0.2) is 4.68 Å². The molecule has 0 N–H and O–H groups in total. The van der Waals surface area contributed by atoms with Crippen LogP contribution in [0.4, 0.5) is 0 Å². The number of carbonyl (C=O) groups excluding carboxylic acids is 1. The third-order valence-electron chi connectivity index (χ3n) is 2.89. The summed E-state index contributed by atoms with van der Waals surface area (Å²) in [6.07, 6.45) is 4.56. The van der Waals surface area contributed by atoms with Crippen LogP contribution in [0, 0.1) is 5.92 Å². The first-order valence-electron chi connectivity index (χ1n) is 5.76. The van der Waals surface area contributed by atoms with Gasteiger partial charge in [0, 0.05) is 12.1 Å². The highest BCUT2D eigenvalue weighted by Gasteiger charge is 2.10. The molecule has 3 heteroatoms. The van der Waals surface area contributed by atoms with Crippen molar-refractivity contribution < 1.29 is 4.79 Å². The van der Waals surface area contributed by atoms with Crippen LogP contribution in [0.15, 0.2) is 42.7 Å². The van der Waals surface area contributed by atoms with Crippen LogP contribution >= 0.6 is 0 Å². The molecule has 88 valence electrons. The number of Topliss-reactive ketones (excluding diaryl/α,β-unsaturated/α-hetero) is 1. The SMILES string of the molecule is CC(=O)C(C)Cc1cnn(-c2ccccc2)c1. The Morgan fingerprint density at radius 1 is 1.35 bits per heavy atom. The number of para-hydroxylation sites is 1. The molecule has 3 nitrogen and oxygen atoms in total. The molecular weight excluding hydrogens is 212 g/mol. The average molecular weight is 228 g/mol. The van der Waals surface area contributed by atoms with Crippen LogP contribution in [0.1, 0.15) is 19.4 Å². The Kier molecular flexibility index (Phi) is 3.38. The van der Waals surface area contributed by atoms with E-state index in [9.17, 15) is 4.79 Å². The number of ketones is 1. The lowest BCUT2D eigenvalue weighted by Gasteiger charge is -2.04. The number of carbonyl (C=O) groups is 1. The number of aromatic nitrogens is 2. The molecule has 0 aliphatic carbocycles. The minimum absolute atomic E-state index is 0.0587. The fourth-order valence-corrected chi connectivity index (χ4v) is 1.68. The quantitative estimate of drug-likeness (QED) is 0.806. The van der Waals surface area contributed by atoms with Gasteiger partial charge in [-0.1, -0.05) is 25.1 Å². The van der Waals surface area contributed by atoms with Gasteiger partial charge in [-0.2, -0.15) is 5.10 Å². The van der Waals surface area contributed by atoms with Gasteiger partial charge in [-0.05, 0) is 31.0 Å². The van der Waals surface area contributed by atoms with Gasteiger partial charge >= 0.3 is 0 Å². The van der Waals surface area contributed by atoms with Gasteiger partial charge in [-0.15, -0.1) is 0 Å². The van der Waals surface area contributed by atoms with E-state index in [-0.39, 0.29) is 11.7 Å². The van der Waals surface area contributed by atoms with Gasteiger partial charge in [0.1, 0.15) is 5.78 Å². The average Bonchev–Trinajstić information content (AvgIpc) is 2.78. The third kappa shape index (κ3) is 2.81. The van der Waals surface area contributed by atoms with Crippen LogP contribution in [0.25, 0.3) is 5.69 Å². The van der Waals surface area contributed by atoms with Crippen molar-refractivity contribution in [2.24, 2.45) is 5.92 Å². The zero-order valence-electron chi connectivity index (χ0n) is 10.1. The Hall–Kier alpha value is -1.90. The first kappa shape index (κ1) is 11.6. The molecule has 0 bridgehead atoms. The van der Waals surface area contributed by atoms with Gasteiger partial charge in [-0.3, -0.25) is 4.79 Å². The molecule has 0 saturated heterocycles. The monoisotopic (exact) mass is 228 g/mol. The highest BCUT2D eigenvalue weighted by Crippen LogP contribution is 2.12. The molecule has 0 amide bonds. The van der Waals surface area contributed by atoms with E-state index in [2.05, 4.69) is 5.10 Å². The van der Waals surface area contributed by atoms with Crippen LogP contribution in [-0.4, -0.2) is 15.6 Å². The fraction of sp³-hybridized carbons (Fsp3) is 0.286. The molecule has 0 aliphatic rings. The van der Waals surface area contributed by atoms with E-state index >= 15 is 0 Å². The van der Waals surface area contributed by atoms with Crippen molar-refractivity contribution in [3.63, 3.8) is 0 Å². The van der Waals surface area contributed by atoms with Crippen molar-refractivity contribution in [3.05, 3.63) is 48.3 Å². The summed E-state index contributed by atoms with van der Waals surface area (Å²) in [5.41, 5.74) is 2.13. The summed E-state index contributed by atoms with van der Waals surface area (Å²) in [6.45, 7) is 3.58. The topological polar surface area (TPSA) is 34.9 Å². The number of benzene rings is 1. The maximum Gasteiger partial charge on any atom is 0.132 e. The van der Waals surface area contributed by atoms with Crippen molar-refractivity contribution in [1.82, 2.24) is 9.78 Å². The van der Waals surface area contributed by atoms with Gasteiger partial charge in [0.15, 0.2) is 0 Å². The number of nitrogens with zero attached hydrogens (tertiary/aromatic N) is 2. The Bertz CT molecular complexity index is 502. The summed E-state index contributed by atoms with van der Waals surface area (Å²) in [5, 5.41) is 4.30. The molecule has 17 heavy (non-hydrogen) atoms. The predicted octanol–water partition coefficient (Wildman–Crippen LogP) is 2.64. The van der Waals surface area contributed by atoms with Gasteiger partial charge < -0.3 is 0 Å². The smallest absolute Gasteiger partial charge is 0.132 e. The van der Waals surface area contributed by atoms with E-state index in [1.807, 2.05) is 54.3 Å². The Morgan fingerprint density at radius 2 is 2.06 bits per heavy atom. The molecular formula is C14H16N2O. The van der Waals surface area contributed by atoms with Crippen molar-refractivity contribution in [2.45, 2.75) is 20.3 Å². The van der Waals surface area contributed by atoms with Gasteiger partial charge in [0.25, 0.3) is 0 Å². The van der Waals surface area contributed by atoms with E-state index in [1.165, 1.54) is 0 Å². The van der Waals surface area contributed by atoms with E-state index in [1.54, 1.807) is 6.92 Å². The highest BCUT2D eigenvalue weighted by atomic mass is 16.1. The molecule has 0 radical (unpaired) electrons. The molecule has 2 aromatic rings. The lowest BCUT2D eigenvalue weighted by Crippen LogP contribution is -2.08. The van der Waals surface area contributed by atoms with E-state index in [4.69, 9.17) is 0 Å². The summed E-state index contributed by atoms with van der Waals surface area (Å²) in [7, 11) is 0. The first-order valence-corrected chi connectivity index (χ1v) is 5.76. The molecule has 1 unspecified atom stereocenters. The molecule has 1 atom stereocenters. The number of hydrogen-bond acceptors (Lipinski definition) is 2. The maximum atomic E-state index is 11.2. The summed E-state index contributed by atoms with van der Waals surface area (Å²) in [4.78, 5) is 11.2. The third-order valence-corrected chi connectivity index (χ3v) is 2.89. The van der Waals surface area contributed by atoms with Crippen molar-refractivity contribution in [3.8, 4) is 5.69 Å². The second kappa shape index (κ2) is 4.95. The van der Waals surface area contributed by atoms with Gasteiger partial charge in [0.2, 0.25) is 0 Å². The number of hydrogen-bond donors (Lipinski definition) is 0. The molecule has 1 aromatic carbocycles. The molecule has 0 aliphatic heterocycles. The molecule has 1 heterocycles. The highest BCUT2D eigenvalue weighted by molar-refractivity contribution is 5.78. The normalized spacial score (nSPS) is 12.4.